The highest BCUT2D eigenvalue weighted by Crippen LogP contribution is 2.32. The highest BCUT2D eigenvalue weighted by Gasteiger charge is 2.29. The van der Waals surface area contributed by atoms with Crippen LogP contribution in [0, 0.1) is 11.8 Å². The maximum Gasteiger partial charge on any atom is 0.142 e. The fourth-order valence-electron chi connectivity index (χ4n) is 2.84. The third kappa shape index (κ3) is 2.82. The molecule has 18 heavy (non-hydrogen) atoms. The normalized spacial score (nSPS) is 25.3. The average molecular weight is 248 g/mol. The van der Waals surface area contributed by atoms with Gasteiger partial charge in [0, 0.05) is 18.2 Å². The predicted octanol–water partition coefficient (Wildman–Crippen LogP) is 3.40. The molecular formula is C15H24N2O. The number of hydrogen-bond donors (Lipinski definition) is 0. The van der Waals surface area contributed by atoms with Gasteiger partial charge in [0.15, 0.2) is 0 Å². The second kappa shape index (κ2) is 5.68. The van der Waals surface area contributed by atoms with Crippen molar-refractivity contribution >= 4 is 5.78 Å². The molecule has 3 atom stereocenters. The smallest absolute Gasteiger partial charge is 0.142 e. The Morgan fingerprint density at radius 2 is 2.33 bits per heavy atom. The van der Waals surface area contributed by atoms with Gasteiger partial charge in [0.05, 0.1) is 12.1 Å². The van der Waals surface area contributed by atoms with Crippen molar-refractivity contribution in [1.29, 1.82) is 0 Å². The lowest BCUT2D eigenvalue weighted by molar-refractivity contribution is -0.123. The molecule has 3 nitrogen and oxygen atoms in total. The predicted molar refractivity (Wildman–Crippen MR) is 72.4 cm³/mol. The minimum absolute atomic E-state index is 0.277. The van der Waals surface area contributed by atoms with Crippen molar-refractivity contribution in [2.75, 3.05) is 0 Å². The van der Waals surface area contributed by atoms with Crippen LogP contribution in [0.2, 0.25) is 0 Å². The summed E-state index contributed by atoms with van der Waals surface area (Å²) < 4.78 is 1.97. The summed E-state index contributed by atoms with van der Waals surface area (Å²) in [4.78, 5) is 12.2. The summed E-state index contributed by atoms with van der Waals surface area (Å²) in [6.45, 7) is 6.50. The van der Waals surface area contributed by atoms with E-state index in [-0.39, 0.29) is 5.92 Å². The van der Waals surface area contributed by atoms with Crippen LogP contribution in [0.5, 0.6) is 0 Å². The molecule has 1 fully saturated rings. The van der Waals surface area contributed by atoms with Crippen molar-refractivity contribution in [3.63, 3.8) is 0 Å². The Bertz CT molecular complexity index is 410. The van der Waals surface area contributed by atoms with E-state index in [1.807, 2.05) is 16.9 Å². The van der Waals surface area contributed by atoms with Crippen molar-refractivity contribution < 1.29 is 4.79 Å². The van der Waals surface area contributed by atoms with Gasteiger partial charge in [0.2, 0.25) is 0 Å². The molecule has 1 saturated carbocycles. The second-order valence-electron chi connectivity index (χ2n) is 5.70. The van der Waals surface area contributed by atoms with Crippen LogP contribution in [0.4, 0.5) is 0 Å². The van der Waals surface area contributed by atoms with Gasteiger partial charge in [-0.1, -0.05) is 20.3 Å². The average Bonchev–Trinajstić information content (AvgIpc) is 2.97. The number of carbonyl (C=O) groups excluding carboxylic acids is 1. The monoisotopic (exact) mass is 248 g/mol. The first-order valence-corrected chi connectivity index (χ1v) is 7.18. The number of aromatic nitrogens is 2. The Morgan fingerprint density at radius 1 is 1.56 bits per heavy atom. The highest BCUT2D eigenvalue weighted by molar-refractivity contribution is 5.83. The third-order valence-corrected chi connectivity index (χ3v) is 4.34. The quantitative estimate of drug-likeness (QED) is 0.800. The Balaban J connectivity index is 1.97. The molecule has 2 rings (SSSR count). The minimum Gasteiger partial charge on any atom is -0.299 e. The van der Waals surface area contributed by atoms with Gasteiger partial charge in [-0.05, 0) is 38.2 Å². The van der Waals surface area contributed by atoms with E-state index in [2.05, 4.69) is 25.9 Å². The molecule has 1 aliphatic rings. The Kier molecular flexibility index (Phi) is 4.20. The van der Waals surface area contributed by atoms with Gasteiger partial charge in [-0.25, -0.2) is 0 Å². The zero-order valence-corrected chi connectivity index (χ0v) is 11.7. The summed E-state index contributed by atoms with van der Waals surface area (Å²) in [6.07, 6.45) is 7.06. The molecule has 1 aromatic heterocycles. The van der Waals surface area contributed by atoms with Crippen LogP contribution in [0.15, 0.2) is 12.3 Å². The standard InChI is InChI=1S/C15H24N2O/c1-4-12(3)17-9-8-13(16-17)10-15(18)14-7-5-6-11(14)2/h8-9,11-12,14H,4-7,10H2,1-3H3. The summed E-state index contributed by atoms with van der Waals surface area (Å²) in [7, 11) is 0. The SMILES string of the molecule is CCC(C)n1ccc(CC(=O)C2CCCC2C)n1. The molecule has 0 N–H and O–H groups in total. The Hall–Kier alpha value is -1.12. The van der Waals surface area contributed by atoms with Crippen LogP contribution in [0.1, 0.15) is 58.2 Å². The third-order valence-electron chi connectivity index (χ3n) is 4.34. The summed E-state index contributed by atoms with van der Waals surface area (Å²) in [6, 6.07) is 2.41. The molecule has 0 amide bonds. The van der Waals surface area contributed by atoms with Gasteiger partial charge in [0.25, 0.3) is 0 Å². The molecule has 0 aliphatic heterocycles. The summed E-state index contributed by atoms with van der Waals surface area (Å²) >= 11 is 0. The van der Waals surface area contributed by atoms with E-state index in [1.165, 1.54) is 12.8 Å². The zero-order valence-electron chi connectivity index (χ0n) is 11.7. The van der Waals surface area contributed by atoms with E-state index in [4.69, 9.17) is 0 Å². The largest absolute Gasteiger partial charge is 0.299 e. The maximum absolute atomic E-state index is 12.2. The molecule has 100 valence electrons. The molecule has 0 aromatic carbocycles. The first kappa shape index (κ1) is 13.3. The fraction of sp³-hybridized carbons (Fsp3) is 0.733. The lowest BCUT2D eigenvalue weighted by atomic mass is 9.91. The topological polar surface area (TPSA) is 34.9 Å². The molecule has 1 aliphatic carbocycles. The number of carbonyl (C=O) groups is 1. The van der Waals surface area contributed by atoms with Gasteiger partial charge in [-0.3, -0.25) is 9.48 Å². The molecule has 0 bridgehead atoms. The number of ketones is 1. The first-order chi connectivity index (χ1) is 8.61. The zero-order chi connectivity index (χ0) is 13.1. The van der Waals surface area contributed by atoms with Crippen molar-refractivity contribution in [3.05, 3.63) is 18.0 Å². The van der Waals surface area contributed by atoms with Crippen LogP contribution in [0.3, 0.4) is 0 Å². The van der Waals surface area contributed by atoms with Crippen molar-refractivity contribution in [1.82, 2.24) is 9.78 Å². The lowest BCUT2D eigenvalue weighted by Crippen LogP contribution is -2.19. The van der Waals surface area contributed by atoms with E-state index < -0.39 is 0 Å². The van der Waals surface area contributed by atoms with Crippen molar-refractivity contribution in [2.45, 2.75) is 58.9 Å². The highest BCUT2D eigenvalue weighted by atomic mass is 16.1. The maximum atomic E-state index is 12.2. The van der Waals surface area contributed by atoms with E-state index in [0.29, 0.717) is 24.2 Å². The fourth-order valence-corrected chi connectivity index (χ4v) is 2.84. The van der Waals surface area contributed by atoms with Crippen LogP contribution in [0.25, 0.3) is 0 Å². The van der Waals surface area contributed by atoms with E-state index in [1.54, 1.807) is 0 Å². The van der Waals surface area contributed by atoms with Gasteiger partial charge >= 0.3 is 0 Å². The second-order valence-corrected chi connectivity index (χ2v) is 5.70. The van der Waals surface area contributed by atoms with Crippen LogP contribution >= 0.6 is 0 Å². The van der Waals surface area contributed by atoms with Crippen molar-refractivity contribution in [3.8, 4) is 0 Å². The first-order valence-electron chi connectivity index (χ1n) is 7.18. The van der Waals surface area contributed by atoms with E-state index >= 15 is 0 Å². The van der Waals surface area contributed by atoms with Crippen molar-refractivity contribution in [2.24, 2.45) is 11.8 Å². The Labute approximate surface area is 110 Å². The van der Waals surface area contributed by atoms with E-state index in [0.717, 1.165) is 18.5 Å². The summed E-state index contributed by atoms with van der Waals surface area (Å²) in [5.41, 5.74) is 0.930. The van der Waals surface area contributed by atoms with Crippen LogP contribution < -0.4 is 0 Å². The molecule has 1 aromatic rings. The Morgan fingerprint density at radius 3 is 2.94 bits per heavy atom. The van der Waals surface area contributed by atoms with Gasteiger partial charge < -0.3 is 0 Å². The summed E-state index contributed by atoms with van der Waals surface area (Å²) in [5.74, 6) is 1.22. The molecule has 3 unspecified atom stereocenters. The minimum atomic E-state index is 0.277. The molecule has 0 radical (unpaired) electrons. The number of rotatable bonds is 5. The number of Topliss-reactive ketones (excluding diaryl/α,β-unsaturated/α-hetero) is 1. The molecule has 3 heteroatoms. The molecular weight excluding hydrogens is 224 g/mol. The van der Waals surface area contributed by atoms with Crippen LogP contribution in [-0.2, 0) is 11.2 Å². The van der Waals surface area contributed by atoms with E-state index in [9.17, 15) is 4.79 Å². The molecule has 0 spiro atoms. The number of hydrogen-bond acceptors (Lipinski definition) is 2. The molecule has 0 saturated heterocycles. The van der Waals surface area contributed by atoms with Gasteiger partial charge in [0.1, 0.15) is 5.78 Å². The van der Waals surface area contributed by atoms with Gasteiger partial charge in [-0.15, -0.1) is 0 Å². The van der Waals surface area contributed by atoms with Gasteiger partial charge in [-0.2, -0.15) is 5.10 Å². The van der Waals surface area contributed by atoms with Crippen LogP contribution in [-0.4, -0.2) is 15.6 Å². The number of nitrogens with zero attached hydrogens (tertiary/aromatic N) is 2. The summed E-state index contributed by atoms with van der Waals surface area (Å²) in [5, 5.41) is 4.51. The molecule has 1 heterocycles. The lowest BCUT2D eigenvalue weighted by Gasteiger charge is -2.13.